The van der Waals surface area contributed by atoms with Crippen LogP contribution in [0.3, 0.4) is 0 Å². The van der Waals surface area contributed by atoms with Crippen LogP contribution in [-0.4, -0.2) is 28.5 Å². The Morgan fingerprint density at radius 2 is 1.63 bits per heavy atom. The van der Waals surface area contributed by atoms with Crippen LogP contribution in [0.1, 0.15) is 43.2 Å². The standard InChI is InChI=1S/C24H29N3O3/c1-15-12-19-20(13-16(15)2)22(28)27(7)25-21(19)14-17-8-10-18(11-9-17)26(6)23(29)30-24(3,4)5/h8-13H,14H2,1-7H3. The topological polar surface area (TPSA) is 64.4 Å². The monoisotopic (exact) mass is 407 g/mol. The first kappa shape index (κ1) is 21.6. The molecule has 2 aromatic carbocycles. The van der Waals surface area contributed by atoms with E-state index < -0.39 is 11.7 Å². The molecule has 0 aliphatic heterocycles. The molecule has 30 heavy (non-hydrogen) atoms. The summed E-state index contributed by atoms with van der Waals surface area (Å²) in [5.74, 6) is 0. The fourth-order valence-electron chi connectivity index (χ4n) is 3.28. The van der Waals surface area contributed by atoms with E-state index in [9.17, 15) is 9.59 Å². The molecule has 0 saturated carbocycles. The number of fused-ring (bicyclic) bond motifs is 1. The van der Waals surface area contributed by atoms with Crippen molar-refractivity contribution in [1.29, 1.82) is 0 Å². The molecule has 1 heterocycles. The van der Waals surface area contributed by atoms with Gasteiger partial charge in [-0.1, -0.05) is 12.1 Å². The molecule has 3 aromatic rings. The average molecular weight is 408 g/mol. The number of hydrogen-bond donors (Lipinski definition) is 0. The summed E-state index contributed by atoms with van der Waals surface area (Å²) < 4.78 is 6.82. The first-order chi connectivity index (χ1) is 14.0. The van der Waals surface area contributed by atoms with E-state index in [1.165, 1.54) is 9.58 Å². The SMILES string of the molecule is Cc1cc2c(Cc3ccc(N(C)C(=O)OC(C)(C)C)cc3)nn(C)c(=O)c2cc1C. The maximum Gasteiger partial charge on any atom is 0.414 e. The molecule has 0 radical (unpaired) electrons. The van der Waals surface area contributed by atoms with Crippen molar-refractivity contribution in [3.05, 3.63) is 69.1 Å². The van der Waals surface area contributed by atoms with Crippen LogP contribution in [0.2, 0.25) is 0 Å². The molecule has 6 heteroatoms. The van der Waals surface area contributed by atoms with Crippen LogP contribution >= 0.6 is 0 Å². The fourth-order valence-corrected chi connectivity index (χ4v) is 3.28. The van der Waals surface area contributed by atoms with Gasteiger partial charge in [0.15, 0.2) is 0 Å². The largest absolute Gasteiger partial charge is 0.443 e. The summed E-state index contributed by atoms with van der Waals surface area (Å²) in [6, 6.07) is 11.7. The second-order valence-electron chi connectivity index (χ2n) is 8.74. The maximum absolute atomic E-state index is 12.5. The van der Waals surface area contributed by atoms with E-state index in [0.717, 1.165) is 33.5 Å². The van der Waals surface area contributed by atoms with Crippen molar-refractivity contribution in [1.82, 2.24) is 9.78 Å². The van der Waals surface area contributed by atoms with Crippen molar-refractivity contribution in [3.63, 3.8) is 0 Å². The number of carbonyl (C=O) groups is 1. The van der Waals surface area contributed by atoms with Gasteiger partial charge in [0, 0.05) is 31.6 Å². The summed E-state index contributed by atoms with van der Waals surface area (Å²) in [6.45, 7) is 9.58. The smallest absolute Gasteiger partial charge is 0.414 e. The normalized spacial score (nSPS) is 11.6. The molecular formula is C24H29N3O3. The Bertz CT molecular complexity index is 1160. The van der Waals surface area contributed by atoms with Gasteiger partial charge < -0.3 is 4.74 Å². The van der Waals surface area contributed by atoms with Gasteiger partial charge in [-0.2, -0.15) is 5.10 Å². The van der Waals surface area contributed by atoms with Crippen molar-refractivity contribution in [2.75, 3.05) is 11.9 Å². The minimum atomic E-state index is -0.544. The van der Waals surface area contributed by atoms with Crippen molar-refractivity contribution in [3.8, 4) is 0 Å². The van der Waals surface area contributed by atoms with Crippen LogP contribution in [0.5, 0.6) is 0 Å². The van der Waals surface area contributed by atoms with Crippen molar-refractivity contribution >= 4 is 22.6 Å². The molecule has 0 atom stereocenters. The Hall–Kier alpha value is -3.15. The molecule has 0 unspecified atom stereocenters. The summed E-state index contributed by atoms with van der Waals surface area (Å²) in [5, 5.41) is 6.08. The number of hydrogen-bond acceptors (Lipinski definition) is 4. The first-order valence-electron chi connectivity index (χ1n) is 9.99. The van der Waals surface area contributed by atoms with Crippen LogP contribution in [0, 0.1) is 13.8 Å². The van der Waals surface area contributed by atoms with Gasteiger partial charge in [-0.05, 0) is 75.6 Å². The number of nitrogens with zero attached hydrogens (tertiary/aromatic N) is 3. The van der Waals surface area contributed by atoms with E-state index in [2.05, 4.69) is 5.10 Å². The van der Waals surface area contributed by atoms with Crippen molar-refractivity contribution < 1.29 is 9.53 Å². The number of aryl methyl sites for hydroxylation is 3. The number of anilines is 1. The van der Waals surface area contributed by atoms with Crippen molar-refractivity contribution in [2.24, 2.45) is 7.05 Å². The third kappa shape index (κ3) is 4.53. The summed E-state index contributed by atoms with van der Waals surface area (Å²) in [5.41, 5.74) is 4.23. The van der Waals surface area contributed by atoms with E-state index in [-0.39, 0.29) is 5.56 Å². The Morgan fingerprint density at radius 1 is 1.07 bits per heavy atom. The van der Waals surface area contributed by atoms with Crippen LogP contribution in [0.25, 0.3) is 10.8 Å². The van der Waals surface area contributed by atoms with Gasteiger partial charge in [0.2, 0.25) is 0 Å². The van der Waals surface area contributed by atoms with E-state index >= 15 is 0 Å². The molecule has 0 saturated heterocycles. The predicted molar refractivity (Wildman–Crippen MR) is 120 cm³/mol. The van der Waals surface area contributed by atoms with Gasteiger partial charge in [0.1, 0.15) is 5.60 Å². The van der Waals surface area contributed by atoms with E-state index in [0.29, 0.717) is 11.8 Å². The minimum absolute atomic E-state index is 0.0915. The van der Waals surface area contributed by atoms with Crippen molar-refractivity contribution in [2.45, 2.75) is 46.6 Å². The van der Waals surface area contributed by atoms with Crippen LogP contribution < -0.4 is 10.5 Å². The molecule has 0 N–H and O–H groups in total. The number of rotatable bonds is 3. The molecule has 1 aromatic heterocycles. The lowest BCUT2D eigenvalue weighted by Gasteiger charge is -2.24. The first-order valence-corrected chi connectivity index (χ1v) is 9.99. The van der Waals surface area contributed by atoms with Gasteiger partial charge >= 0.3 is 6.09 Å². The molecule has 158 valence electrons. The summed E-state index contributed by atoms with van der Waals surface area (Å²) in [7, 11) is 3.37. The highest BCUT2D eigenvalue weighted by Gasteiger charge is 2.20. The van der Waals surface area contributed by atoms with E-state index in [1.807, 2.05) is 71.0 Å². The molecule has 0 spiro atoms. The average Bonchev–Trinajstić information content (AvgIpc) is 2.66. The number of carbonyl (C=O) groups excluding carboxylic acids is 1. The Labute approximate surface area is 177 Å². The lowest BCUT2D eigenvalue weighted by molar-refractivity contribution is 0.0589. The Morgan fingerprint density at radius 3 is 2.20 bits per heavy atom. The lowest BCUT2D eigenvalue weighted by Crippen LogP contribution is -2.34. The highest BCUT2D eigenvalue weighted by Crippen LogP contribution is 2.23. The maximum atomic E-state index is 12.5. The second-order valence-corrected chi connectivity index (χ2v) is 8.74. The van der Waals surface area contributed by atoms with Gasteiger partial charge in [-0.25, -0.2) is 9.48 Å². The molecule has 3 rings (SSSR count). The van der Waals surface area contributed by atoms with Crippen LogP contribution in [-0.2, 0) is 18.2 Å². The number of amides is 1. The fraction of sp³-hybridized carbons (Fsp3) is 0.375. The van der Waals surface area contributed by atoms with Crippen LogP contribution in [0.15, 0.2) is 41.2 Å². The molecular weight excluding hydrogens is 378 g/mol. The zero-order chi connectivity index (χ0) is 22.2. The quantitative estimate of drug-likeness (QED) is 0.641. The lowest BCUT2D eigenvalue weighted by atomic mass is 10.00. The summed E-state index contributed by atoms with van der Waals surface area (Å²) in [4.78, 5) is 26.3. The third-order valence-corrected chi connectivity index (χ3v) is 5.10. The Balaban J connectivity index is 1.90. The van der Waals surface area contributed by atoms with Gasteiger partial charge in [0.25, 0.3) is 5.56 Å². The molecule has 0 fully saturated rings. The van der Waals surface area contributed by atoms with E-state index in [1.54, 1.807) is 14.1 Å². The highest BCUT2D eigenvalue weighted by atomic mass is 16.6. The summed E-state index contributed by atoms with van der Waals surface area (Å²) >= 11 is 0. The second kappa shape index (κ2) is 7.94. The zero-order valence-electron chi connectivity index (χ0n) is 18.7. The molecule has 0 bridgehead atoms. The number of ether oxygens (including phenoxy) is 1. The number of aromatic nitrogens is 2. The molecule has 6 nitrogen and oxygen atoms in total. The number of benzene rings is 2. The third-order valence-electron chi connectivity index (χ3n) is 5.10. The van der Waals surface area contributed by atoms with Gasteiger partial charge in [0.05, 0.1) is 11.1 Å². The summed E-state index contributed by atoms with van der Waals surface area (Å²) in [6.07, 6.45) is 0.190. The molecule has 1 amide bonds. The molecule has 0 aliphatic rings. The van der Waals surface area contributed by atoms with E-state index in [4.69, 9.17) is 4.74 Å². The zero-order valence-corrected chi connectivity index (χ0v) is 18.7. The Kier molecular flexibility index (Phi) is 5.70. The minimum Gasteiger partial charge on any atom is -0.443 e. The predicted octanol–water partition coefficient (Wildman–Crippen LogP) is 4.51. The van der Waals surface area contributed by atoms with Gasteiger partial charge in [-0.15, -0.1) is 0 Å². The molecule has 0 aliphatic carbocycles. The van der Waals surface area contributed by atoms with Crippen LogP contribution in [0.4, 0.5) is 10.5 Å². The highest BCUT2D eigenvalue weighted by molar-refractivity contribution is 5.87. The van der Waals surface area contributed by atoms with Gasteiger partial charge in [-0.3, -0.25) is 9.69 Å².